The summed E-state index contributed by atoms with van der Waals surface area (Å²) in [6.45, 7) is 1.14. The molecule has 0 aliphatic carbocycles. The Labute approximate surface area is 147 Å². The molecule has 0 bridgehead atoms. The highest BCUT2D eigenvalue weighted by Crippen LogP contribution is 2.27. The van der Waals surface area contributed by atoms with Crippen molar-refractivity contribution in [1.82, 2.24) is 34.8 Å². The highest BCUT2D eigenvalue weighted by Gasteiger charge is 2.21. The van der Waals surface area contributed by atoms with Crippen LogP contribution in [0.2, 0.25) is 0 Å². The van der Waals surface area contributed by atoms with Crippen molar-refractivity contribution < 1.29 is 4.79 Å². The zero-order chi connectivity index (χ0) is 17.2. The van der Waals surface area contributed by atoms with E-state index in [9.17, 15) is 4.79 Å². The minimum Gasteiger partial charge on any atom is -0.344 e. The van der Waals surface area contributed by atoms with Crippen LogP contribution in [-0.4, -0.2) is 47.7 Å². The summed E-state index contributed by atoms with van der Waals surface area (Å²) in [6.07, 6.45) is 8.45. The van der Waals surface area contributed by atoms with Crippen LogP contribution in [0.15, 0.2) is 36.2 Å². The van der Waals surface area contributed by atoms with Crippen LogP contribution in [0.25, 0.3) is 11.2 Å². The number of carbonyl (C=O) groups is 1. The summed E-state index contributed by atoms with van der Waals surface area (Å²) in [4.78, 5) is 34.9. The molecule has 4 rings (SSSR count). The van der Waals surface area contributed by atoms with Crippen LogP contribution in [0, 0.1) is 0 Å². The standard InChI is InChI=1S/C15H16N8OS/c1-22-3-2-16-11(22)6-17-15(24)10-7-23(4-5-25-10)14-12-13(19-8-18-12)20-9-21-14/h2-3,7-9H,4-6H2,1H3,(H,17,24)(H,18,19,20,21). The molecule has 0 radical (unpaired) electrons. The molecule has 0 fully saturated rings. The molecule has 128 valence electrons. The Morgan fingerprint density at radius 1 is 1.36 bits per heavy atom. The summed E-state index contributed by atoms with van der Waals surface area (Å²) in [5, 5.41) is 2.91. The fourth-order valence-electron chi connectivity index (χ4n) is 2.57. The first kappa shape index (κ1) is 15.6. The van der Waals surface area contributed by atoms with E-state index in [-0.39, 0.29) is 5.91 Å². The Morgan fingerprint density at radius 3 is 3.12 bits per heavy atom. The third kappa shape index (κ3) is 3.07. The molecule has 1 aliphatic rings. The number of nitrogens with zero attached hydrogens (tertiary/aromatic N) is 6. The predicted molar refractivity (Wildman–Crippen MR) is 94.6 cm³/mol. The highest BCUT2D eigenvalue weighted by molar-refractivity contribution is 8.04. The van der Waals surface area contributed by atoms with E-state index < -0.39 is 0 Å². The molecule has 9 nitrogen and oxygen atoms in total. The molecule has 25 heavy (non-hydrogen) atoms. The molecule has 4 heterocycles. The Kier molecular flexibility index (Phi) is 4.10. The van der Waals surface area contributed by atoms with Gasteiger partial charge in [0, 0.05) is 37.9 Å². The lowest BCUT2D eigenvalue weighted by molar-refractivity contribution is -0.117. The van der Waals surface area contributed by atoms with Crippen molar-refractivity contribution in [3.63, 3.8) is 0 Å². The first-order valence-electron chi connectivity index (χ1n) is 7.72. The summed E-state index contributed by atoms with van der Waals surface area (Å²) in [5.74, 6) is 2.20. The van der Waals surface area contributed by atoms with Gasteiger partial charge in [-0.05, 0) is 0 Å². The summed E-state index contributed by atoms with van der Waals surface area (Å²) < 4.78 is 1.88. The predicted octanol–water partition coefficient (Wildman–Crippen LogP) is 0.797. The molecular formula is C15H16N8OS. The molecule has 0 saturated carbocycles. The Hall–Kier alpha value is -2.88. The fraction of sp³-hybridized carbons (Fsp3) is 0.267. The lowest BCUT2D eigenvalue weighted by atomic mass is 10.4. The Balaban J connectivity index is 1.53. The number of rotatable bonds is 4. The number of aromatic nitrogens is 6. The van der Waals surface area contributed by atoms with Crippen molar-refractivity contribution in [1.29, 1.82) is 0 Å². The van der Waals surface area contributed by atoms with Crippen LogP contribution in [0.3, 0.4) is 0 Å². The van der Waals surface area contributed by atoms with Gasteiger partial charge in [0.15, 0.2) is 11.5 Å². The van der Waals surface area contributed by atoms with Gasteiger partial charge in [0.25, 0.3) is 5.91 Å². The monoisotopic (exact) mass is 356 g/mol. The van der Waals surface area contributed by atoms with Gasteiger partial charge in [0.2, 0.25) is 0 Å². The number of fused-ring (bicyclic) bond motifs is 1. The van der Waals surface area contributed by atoms with E-state index in [0.29, 0.717) is 17.1 Å². The SMILES string of the molecule is Cn1ccnc1CNC(=O)C1=CN(c2ncnc3nc[nH]c23)CCS1. The second-order valence-electron chi connectivity index (χ2n) is 5.47. The van der Waals surface area contributed by atoms with Crippen LogP contribution >= 0.6 is 11.8 Å². The summed E-state index contributed by atoms with van der Waals surface area (Å²) in [7, 11) is 1.90. The summed E-state index contributed by atoms with van der Waals surface area (Å²) >= 11 is 1.53. The lowest BCUT2D eigenvalue weighted by Gasteiger charge is -2.25. The number of aromatic amines is 1. The van der Waals surface area contributed by atoms with Gasteiger partial charge in [-0.3, -0.25) is 4.79 Å². The van der Waals surface area contributed by atoms with Crippen molar-refractivity contribution in [2.45, 2.75) is 6.54 Å². The molecule has 0 unspecified atom stereocenters. The number of anilines is 1. The van der Waals surface area contributed by atoms with Crippen molar-refractivity contribution in [2.75, 3.05) is 17.2 Å². The molecular weight excluding hydrogens is 340 g/mol. The van der Waals surface area contributed by atoms with Gasteiger partial charge in [0.05, 0.1) is 17.8 Å². The minimum atomic E-state index is -0.118. The average Bonchev–Trinajstić information content (AvgIpc) is 3.28. The zero-order valence-corrected chi connectivity index (χ0v) is 14.3. The first-order valence-corrected chi connectivity index (χ1v) is 8.70. The van der Waals surface area contributed by atoms with Crippen molar-refractivity contribution in [2.24, 2.45) is 7.05 Å². The fourth-order valence-corrected chi connectivity index (χ4v) is 3.48. The molecule has 0 aromatic carbocycles. The van der Waals surface area contributed by atoms with Crippen LogP contribution in [0.4, 0.5) is 5.82 Å². The van der Waals surface area contributed by atoms with E-state index >= 15 is 0 Å². The topological polar surface area (TPSA) is 105 Å². The van der Waals surface area contributed by atoms with Gasteiger partial charge >= 0.3 is 0 Å². The largest absolute Gasteiger partial charge is 0.344 e. The van der Waals surface area contributed by atoms with Crippen LogP contribution < -0.4 is 10.2 Å². The first-order chi connectivity index (χ1) is 12.2. The number of carbonyl (C=O) groups excluding carboxylic acids is 1. The maximum absolute atomic E-state index is 12.5. The third-order valence-electron chi connectivity index (χ3n) is 3.89. The number of thioether (sulfide) groups is 1. The van der Waals surface area contributed by atoms with E-state index in [2.05, 4.69) is 30.2 Å². The van der Waals surface area contributed by atoms with E-state index in [1.807, 2.05) is 28.9 Å². The lowest BCUT2D eigenvalue weighted by Crippen LogP contribution is -2.31. The van der Waals surface area contributed by atoms with E-state index in [1.165, 1.54) is 18.1 Å². The minimum absolute atomic E-state index is 0.118. The quantitative estimate of drug-likeness (QED) is 0.712. The van der Waals surface area contributed by atoms with Crippen LogP contribution in [-0.2, 0) is 18.4 Å². The molecule has 0 atom stereocenters. The van der Waals surface area contributed by atoms with Crippen molar-refractivity contribution in [3.05, 3.63) is 42.0 Å². The second-order valence-corrected chi connectivity index (χ2v) is 6.61. The number of H-pyrrole nitrogens is 1. The molecule has 3 aromatic rings. The third-order valence-corrected chi connectivity index (χ3v) is 4.88. The second kappa shape index (κ2) is 6.55. The van der Waals surface area contributed by atoms with Crippen LogP contribution in [0.1, 0.15) is 5.82 Å². The summed E-state index contributed by atoms with van der Waals surface area (Å²) in [5.41, 5.74) is 1.37. The smallest absolute Gasteiger partial charge is 0.259 e. The van der Waals surface area contributed by atoms with Crippen LogP contribution in [0.5, 0.6) is 0 Å². The molecule has 0 spiro atoms. The molecule has 1 aliphatic heterocycles. The van der Waals surface area contributed by atoms with Crippen molar-refractivity contribution in [3.8, 4) is 0 Å². The van der Waals surface area contributed by atoms with Gasteiger partial charge in [-0.1, -0.05) is 0 Å². The summed E-state index contributed by atoms with van der Waals surface area (Å²) in [6, 6.07) is 0. The number of aryl methyl sites for hydroxylation is 1. The Bertz CT molecular complexity index is 946. The Morgan fingerprint density at radius 2 is 2.28 bits per heavy atom. The molecule has 1 amide bonds. The van der Waals surface area contributed by atoms with E-state index in [1.54, 1.807) is 12.5 Å². The van der Waals surface area contributed by atoms with E-state index in [4.69, 9.17) is 0 Å². The molecule has 2 N–H and O–H groups in total. The number of hydrogen-bond donors (Lipinski definition) is 2. The highest BCUT2D eigenvalue weighted by atomic mass is 32.2. The average molecular weight is 356 g/mol. The molecule has 10 heteroatoms. The maximum atomic E-state index is 12.5. The van der Waals surface area contributed by atoms with Gasteiger partial charge in [-0.2, -0.15) is 0 Å². The van der Waals surface area contributed by atoms with Gasteiger partial charge in [-0.15, -0.1) is 11.8 Å². The normalized spacial score (nSPS) is 14.6. The number of nitrogens with one attached hydrogen (secondary N) is 2. The number of amides is 1. The van der Waals surface area contributed by atoms with Crippen molar-refractivity contribution >= 4 is 34.7 Å². The maximum Gasteiger partial charge on any atom is 0.259 e. The van der Waals surface area contributed by atoms with E-state index in [0.717, 1.165) is 29.5 Å². The number of hydrogen-bond acceptors (Lipinski definition) is 7. The molecule has 3 aromatic heterocycles. The number of imidazole rings is 2. The van der Waals surface area contributed by atoms with Gasteiger partial charge in [0.1, 0.15) is 17.7 Å². The molecule has 0 saturated heterocycles. The van der Waals surface area contributed by atoms with Gasteiger partial charge < -0.3 is 19.8 Å². The van der Waals surface area contributed by atoms with Gasteiger partial charge in [-0.25, -0.2) is 19.9 Å². The zero-order valence-electron chi connectivity index (χ0n) is 13.5.